The van der Waals surface area contributed by atoms with E-state index in [1.807, 2.05) is 0 Å². The lowest BCUT2D eigenvalue weighted by Crippen LogP contribution is -2.27. The molecule has 138 valence electrons. The largest absolute Gasteiger partial charge is 0.465 e. The van der Waals surface area contributed by atoms with Crippen LogP contribution in [0.2, 0.25) is 0 Å². The molecular formula is C17H13BrF3NO4. The van der Waals surface area contributed by atoms with Gasteiger partial charge in [0.1, 0.15) is 5.70 Å². The molecule has 1 aliphatic heterocycles. The molecule has 1 aliphatic rings. The fraction of sp³-hybridized carbons (Fsp3) is 0.176. The summed E-state index contributed by atoms with van der Waals surface area (Å²) < 4.78 is 48.1. The minimum atomic E-state index is -4.52. The van der Waals surface area contributed by atoms with Gasteiger partial charge in [-0.3, -0.25) is 0 Å². The normalized spacial score (nSPS) is 14.3. The van der Waals surface area contributed by atoms with Crippen LogP contribution in [-0.2, 0) is 25.2 Å². The third-order valence-corrected chi connectivity index (χ3v) is 4.06. The molecule has 0 atom stereocenters. The first kappa shape index (κ1) is 19.8. The molecular weight excluding hydrogens is 419 g/mol. The summed E-state index contributed by atoms with van der Waals surface area (Å²) in [5.74, 6) is -1.65. The average Bonchev–Trinajstić information content (AvgIpc) is 2.82. The average molecular weight is 432 g/mol. The Morgan fingerprint density at radius 2 is 1.73 bits per heavy atom. The first-order valence-electron chi connectivity index (χ1n) is 7.12. The van der Waals surface area contributed by atoms with Gasteiger partial charge in [0.2, 0.25) is 0 Å². The van der Waals surface area contributed by atoms with E-state index in [0.29, 0.717) is 0 Å². The Kier molecular flexibility index (Phi) is 5.91. The molecule has 5 nitrogen and oxygen atoms in total. The van der Waals surface area contributed by atoms with Crippen LogP contribution in [-0.4, -0.2) is 26.2 Å². The molecule has 0 aromatic heterocycles. The minimum absolute atomic E-state index is 0.0736. The van der Waals surface area contributed by atoms with Gasteiger partial charge in [0.25, 0.3) is 0 Å². The number of halogens is 4. The van der Waals surface area contributed by atoms with Crippen molar-refractivity contribution in [3.63, 3.8) is 0 Å². The summed E-state index contributed by atoms with van der Waals surface area (Å²) in [6, 6.07) is 2.94. The standard InChI is InChI=1S/C17H13BrF3NO4/c1-25-15(23)11-5-3-4-8-22(14(11)16(24)26-2)13-7-6-10(9-12(13)18)17(19,20)21/h3-9H,1-2H3. The van der Waals surface area contributed by atoms with Crippen molar-refractivity contribution in [1.29, 1.82) is 0 Å². The second-order valence-corrected chi connectivity index (χ2v) is 5.83. The maximum atomic E-state index is 12.9. The Balaban J connectivity index is 2.66. The minimum Gasteiger partial charge on any atom is -0.465 e. The van der Waals surface area contributed by atoms with Gasteiger partial charge in [-0.1, -0.05) is 6.08 Å². The molecule has 0 saturated carbocycles. The van der Waals surface area contributed by atoms with Crippen LogP contribution >= 0.6 is 15.9 Å². The van der Waals surface area contributed by atoms with Crippen LogP contribution < -0.4 is 4.90 Å². The fourth-order valence-corrected chi connectivity index (χ4v) is 2.80. The van der Waals surface area contributed by atoms with Crippen molar-refractivity contribution in [3.05, 3.63) is 63.9 Å². The van der Waals surface area contributed by atoms with Crippen LogP contribution in [0.1, 0.15) is 5.56 Å². The summed E-state index contributed by atoms with van der Waals surface area (Å²) in [6.45, 7) is 0. The van der Waals surface area contributed by atoms with Crippen molar-refractivity contribution in [1.82, 2.24) is 0 Å². The van der Waals surface area contributed by atoms with E-state index >= 15 is 0 Å². The highest BCUT2D eigenvalue weighted by atomic mass is 79.9. The molecule has 0 bridgehead atoms. The number of anilines is 1. The first-order valence-corrected chi connectivity index (χ1v) is 7.91. The monoisotopic (exact) mass is 431 g/mol. The third kappa shape index (κ3) is 3.98. The summed E-state index contributed by atoms with van der Waals surface area (Å²) in [6.07, 6.45) is 1.27. The number of hydrogen-bond donors (Lipinski definition) is 0. The Bertz CT molecular complexity index is 828. The number of esters is 2. The number of hydrogen-bond acceptors (Lipinski definition) is 5. The Morgan fingerprint density at radius 1 is 1.08 bits per heavy atom. The van der Waals surface area contributed by atoms with E-state index in [0.717, 1.165) is 26.4 Å². The number of alkyl halides is 3. The lowest BCUT2D eigenvalue weighted by Gasteiger charge is -2.24. The predicted octanol–water partition coefficient (Wildman–Crippen LogP) is 3.96. The highest BCUT2D eigenvalue weighted by molar-refractivity contribution is 9.10. The summed E-state index contributed by atoms with van der Waals surface area (Å²) >= 11 is 3.09. The van der Waals surface area contributed by atoms with Gasteiger partial charge in [-0.15, -0.1) is 0 Å². The topological polar surface area (TPSA) is 55.8 Å². The van der Waals surface area contributed by atoms with E-state index < -0.39 is 23.7 Å². The number of rotatable bonds is 3. The van der Waals surface area contributed by atoms with Gasteiger partial charge < -0.3 is 14.4 Å². The van der Waals surface area contributed by atoms with Gasteiger partial charge in [0.05, 0.1) is 31.0 Å². The Morgan fingerprint density at radius 3 is 2.27 bits per heavy atom. The second-order valence-electron chi connectivity index (χ2n) is 4.98. The summed E-state index contributed by atoms with van der Waals surface area (Å²) in [7, 11) is 2.28. The van der Waals surface area contributed by atoms with E-state index in [-0.39, 0.29) is 21.4 Å². The SMILES string of the molecule is COC(=O)C1=C(C(=O)OC)N(c2ccc(C(F)(F)F)cc2Br)C=CC=C1. The fourth-order valence-electron chi connectivity index (χ4n) is 2.23. The van der Waals surface area contributed by atoms with Crippen molar-refractivity contribution in [3.8, 4) is 0 Å². The number of allylic oxidation sites excluding steroid dienone is 2. The first-order chi connectivity index (χ1) is 12.2. The van der Waals surface area contributed by atoms with Crippen LogP contribution in [0.4, 0.5) is 18.9 Å². The Labute approximate surface area is 155 Å². The third-order valence-electron chi connectivity index (χ3n) is 3.42. The lowest BCUT2D eigenvalue weighted by atomic mass is 10.1. The predicted molar refractivity (Wildman–Crippen MR) is 91.0 cm³/mol. The van der Waals surface area contributed by atoms with Crippen molar-refractivity contribution >= 4 is 33.6 Å². The molecule has 0 saturated heterocycles. The van der Waals surface area contributed by atoms with Crippen LogP contribution in [0, 0.1) is 0 Å². The van der Waals surface area contributed by atoms with E-state index in [4.69, 9.17) is 4.74 Å². The van der Waals surface area contributed by atoms with Gasteiger partial charge >= 0.3 is 18.1 Å². The molecule has 9 heteroatoms. The number of ether oxygens (including phenoxy) is 2. The number of methoxy groups -OCH3 is 2. The molecule has 2 rings (SSSR count). The van der Waals surface area contributed by atoms with E-state index in [2.05, 4.69) is 20.7 Å². The molecule has 0 amide bonds. The van der Waals surface area contributed by atoms with Gasteiger partial charge in [0, 0.05) is 10.7 Å². The smallest absolute Gasteiger partial charge is 0.416 e. The molecule has 0 radical (unpaired) electrons. The summed E-state index contributed by atoms with van der Waals surface area (Å²) in [4.78, 5) is 25.6. The van der Waals surface area contributed by atoms with Crippen molar-refractivity contribution in [2.75, 3.05) is 19.1 Å². The van der Waals surface area contributed by atoms with Gasteiger partial charge in [0.15, 0.2) is 0 Å². The van der Waals surface area contributed by atoms with Crippen molar-refractivity contribution < 1.29 is 32.2 Å². The zero-order valence-electron chi connectivity index (χ0n) is 13.6. The molecule has 26 heavy (non-hydrogen) atoms. The van der Waals surface area contributed by atoms with Crippen LogP contribution in [0.3, 0.4) is 0 Å². The lowest BCUT2D eigenvalue weighted by molar-refractivity contribution is -0.139. The molecule has 1 aromatic rings. The molecule has 1 aromatic carbocycles. The molecule has 0 spiro atoms. The maximum absolute atomic E-state index is 12.9. The second kappa shape index (κ2) is 7.77. The molecule has 0 unspecified atom stereocenters. The number of nitrogens with zero attached hydrogens (tertiary/aromatic N) is 1. The van der Waals surface area contributed by atoms with E-state index in [1.165, 1.54) is 35.4 Å². The summed E-state index contributed by atoms with van der Waals surface area (Å²) in [5, 5.41) is 0. The molecule has 0 fully saturated rings. The van der Waals surface area contributed by atoms with Crippen LogP contribution in [0.5, 0.6) is 0 Å². The molecule has 0 N–H and O–H groups in total. The highest BCUT2D eigenvalue weighted by Gasteiger charge is 2.33. The number of carbonyl (C=O) groups is 2. The maximum Gasteiger partial charge on any atom is 0.416 e. The molecule has 1 heterocycles. The molecule has 0 aliphatic carbocycles. The quantitative estimate of drug-likeness (QED) is 0.678. The summed E-state index contributed by atoms with van der Waals surface area (Å²) in [5.41, 5.74) is -0.942. The van der Waals surface area contributed by atoms with Gasteiger partial charge in [-0.2, -0.15) is 13.2 Å². The Hall–Kier alpha value is -2.55. The van der Waals surface area contributed by atoms with E-state index in [9.17, 15) is 22.8 Å². The van der Waals surface area contributed by atoms with Gasteiger partial charge in [-0.05, 0) is 46.3 Å². The number of benzene rings is 1. The van der Waals surface area contributed by atoms with Crippen LogP contribution in [0.25, 0.3) is 0 Å². The number of carbonyl (C=O) groups excluding carboxylic acids is 2. The van der Waals surface area contributed by atoms with Crippen molar-refractivity contribution in [2.45, 2.75) is 6.18 Å². The zero-order chi connectivity index (χ0) is 19.5. The highest BCUT2D eigenvalue weighted by Crippen LogP contribution is 2.37. The van der Waals surface area contributed by atoms with Gasteiger partial charge in [-0.25, -0.2) is 9.59 Å². The van der Waals surface area contributed by atoms with E-state index in [1.54, 1.807) is 0 Å². The van der Waals surface area contributed by atoms with Crippen LogP contribution in [0.15, 0.2) is 58.4 Å². The van der Waals surface area contributed by atoms with Crippen molar-refractivity contribution in [2.24, 2.45) is 0 Å². The zero-order valence-corrected chi connectivity index (χ0v) is 15.2.